The lowest BCUT2D eigenvalue weighted by Crippen LogP contribution is -2.27. The summed E-state index contributed by atoms with van der Waals surface area (Å²) in [6.45, 7) is 5.46. The molecule has 24 heavy (non-hydrogen) atoms. The highest BCUT2D eigenvalue weighted by Crippen LogP contribution is 2.27. The second kappa shape index (κ2) is 7.26. The van der Waals surface area contributed by atoms with Gasteiger partial charge in [-0.05, 0) is 44.4 Å². The van der Waals surface area contributed by atoms with E-state index >= 15 is 0 Å². The van der Waals surface area contributed by atoms with E-state index in [2.05, 4.69) is 35.1 Å². The average molecular weight is 346 g/mol. The van der Waals surface area contributed by atoms with E-state index in [0.717, 1.165) is 36.6 Å². The van der Waals surface area contributed by atoms with Crippen molar-refractivity contribution in [2.24, 2.45) is 0 Å². The summed E-state index contributed by atoms with van der Waals surface area (Å²) >= 11 is 5.99. The van der Waals surface area contributed by atoms with Crippen molar-refractivity contribution in [3.05, 3.63) is 35.0 Å². The van der Waals surface area contributed by atoms with E-state index < -0.39 is 0 Å². The number of hydrogen-bond acceptors (Lipinski definition) is 5. The number of anilines is 4. The van der Waals surface area contributed by atoms with Crippen LogP contribution in [0.15, 0.2) is 24.3 Å². The standard InChI is InChI=1S/C18H24ClN5/c1-3-5-13-11-17(24-9-4-6-12(24)2)23-18(21-13)22-14-7-8-15(19)16(20)10-14/h7-8,10-12H,3-6,9,20H2,1-2H3,(H,21,22,23). The van der Waals surface area contributed by atoms with Crippen LogP contribution in [0.3, 0.4) is 0 Å². The molecule has 1 unspecified atom stereocenters. The van der Waals surface area contributed by atoms with Crippen molar-refractivity contribution < 1.29 is 0 Å². The summed E-state index contributed by atoms with van der Waals surface area (Å²) in [7, 11) is 0. The fourth-order valence-corrected chi connectivity index (χ4v) is 3.21. The molecule has 0 aliphatic carbocycles. The molecule has 128 valence electrons. The maximum Gasteiger partial charge on any atom is 0.229 e. The normalized spacial score (nSPS) is 17.3. The van der Waals surface area contributed by atoms with Crippen LogP contribution in [0.5, 0.6) is 0 Å². The van der Waals surface area contributed by atoms with Gasteiger partial charge < -0.3 is 16.0 Å². The molecule has 3 N–H and O–H groups in total. The Labute approximate surface area is 148 Å². The number of nitrogens with one attached hydrogen (secondary N) is 1. The topological polar surface area (TPSA) is 67.1 Å². The minimum absolute atomic E-state index is 0.522. The lowest BCUT2D eigenvalue weighted by atomic mass is 10.2. The lowest BCUT2D eigenvalue weighted by molar-refractivity contribution is 0.724. The SMILES string of the molecule is CCCc1cc(N2CCCC2C)nc(Nc2ccc(Cl)c(N)c2)n1. The van der Waals surface area contributed by atoms with Crippen LogP contribution in [0, 0.1) is 0 Å². The van der Waals surface area contributed by atoms with Crippen LogP contribution in [0.2, 0.25) is 5.02 Å². The minimum atomic E-state index is 0.522. The maximum absolute atomic E-state index is 5.99. The van der Waals surface area contributed by atoms with Gasteiger partial charge in [-0.1, -0.05) is 24.9 Å². The molecular formula is C18H24ClN5. The highest BCUT2D eigenvalue weighted by atomic mass is 35.5. The summed E-state index contributed by atoms with van der Waals surface area (Å²) in [5.41, 5.74) is 8.32. The van der Waals surface area contributed by atoms with Crippen molar-refractivity contribution in [1.29, 1.82) is 0 Å². The molecule has 1 fully saturated rings. The Kier molecular flexibility index (Phi) is 5.09. The molecule has 2 heterocycles. The molecule has 0 saturated carbocycles. The zero-order valence-electron chi connectivity index (χ0n) is 14.2. The Bertz CT molecular complexity index is 719. The van der Waals surface area contributed by atoms with E-state index in [1.54, 1.807) is 12.1 Å². The number of aryl methyl sites for hydroxylation is 1. The van der Waals surface area contributed by atoms with Crippen LogP contribution >= 0.6 is 11.6 Å². The monoisotopic (exact) mass is 345 g/mol. The van der Waals surface area contributed by atoms with Gasteiger partial charge in [-0.2, -0.15) is 4.98 Å². The third kappa shape index (κ3) is 3.73. The minimum Gasteiger partial charge on any atom is -0.397 e. The Morgan fingerprint density at radius 2 is 2.17 bits per heavy atom. The highest BCUT2D eigenvalue weighted by molar-refractivity contribution is 6.33. The highest BCUT2D eigenvalue weighted by Gasteiger charge is 2.22. The molecule has 3 rings (SSSR count). The Morgan fingerprint density at radius 3 is 2.83 bits per heavy atom. The van der Waals surface area contributed by atoms with Gasteiger partial charge in [0.2, 0.25) is 5.95 Å². The zero-order valence-corrected chi connectivity index (χ0v) is 15.0. The fraction of sp³-hybridized carbons (Fsp3) is 0.444. The van der Waals surface area contributed by atoms with E-state index in [0.29, 0.717) is 22.7 Å². The van der Waals surface area contributed by atoms with Crippen LogP contribution in [0.1, 0.15) is 38.8 Å². The number of halogens is 1. The van der Waals surface area contributed by atoms with Crippen molar-refractivity contribution in [1.82, 2.24) is 9.97 Å². The van der Waals surface area contributed by atoms with Crippen LogP contribution < -0.4 is 16.0 Å². The second-order valence-electron chi connectivity index (χ2n) is 6.34. The van der Waals surface area contributed by atoms with E-state index in [-0.39, 0.29) is 0 Å². The molecule has 6 heteroatoms. The van der Waals surface area contributed by atoms with Crippen molar-refractivity contribution in [3.8, 4) is 0 Å². The summed E-state index contributed by atoms with van der Waals surface area (Å²) < 4.78 is 0. The molecule has 1 atom stereocenters. The summed E-state index contributed by atoms with van der Waals surface area (Å²) in [6.07, 6.45) is 4.42. The lowest BCUT2D eigenvalue weighted by Gasteiger charge is -2.23. The molecule has 0 radical (unpaired) electrons. The van der Waals surface area contributed by atoms with Crippen LogP contribution in [0.4, 0.5) is 23.1 Å². The second-order valence-corrected chi connectivity index (χ2v) is 6.74. The summed E-state index contributed by atoms with van der Waals surface area (Å²) in [5.74, 6) is 1.61. The molecule has 5 nitrogen and oxygen atoms in total. The molecule has 1 aliphatic rings. The molecule has 1 aromatic heterocycles. The van der Waals surface area contributed by atoms with Gasteiger partial charge >= 0.3 is 0 Å². The number of rotatable bonds is 5. The predicted molar refractivity (Wildman–Crippen MR) is 101 cm³/mol. The van der Waals surface area contributed by atoms with Gasteiger partial charge in [0.15, 0.2) is 0 Å². The van der Waals surface area contributed by atoms with Gasteiger partial charge in [-0.15, -0.1) is 0 Å². The number of nitrogens with zero attached hydrogens (tertiary/aromatic N) is 3. The third-order valence-electron chi connectivity index (χ3n) is 4.37. The molecule has 2 aromatic rings. The fourth-order valence-electron chi connectivity index (χ4n) is 3.09. The van der Waals surface area contributed by atoms with Gasteiger partial charge in [0.25, 0.3) is 0 Å². The average Bonchev–Trinajstić information content (AvgIpc) is 2.97. The third-order valence-corrected chi connectivity index (χ3v) is 4.72. The number of nitrogen functional groups attached to an aromatic ring is 1. The van der Waals surface area contributed by atoms with E-state index in [1.807, 2.05) is 6.07 Å². The first kappa shape index (κ1) is 16.8. The van der Waals surface area contributed by atoms with Crippen molar-refractivity contribution >= 4 is 34.7 Å². The molecule has 0 bridgehead atoms. The molecule has 0 amide bonds. The Balaban J connectivity index is 1.90. The first-order valence-electron chi connectivity index (χ1n) is 8.53. The Morgan fingerprint density at radius 1 is 1.33 bits per heavy atom. The number of aromatic nitrogens is 2. The zero-order chi connectivity index (χ0) is 17.1. The van der Waals surface area contributed by atoms with Crippen LogP contribution in [0.25, 0.3) is 0 Å². The summed E-state index contributed by atoms with van der Waals surface area (Å²) in [6, 6.07) is 8.10. The number of benzene rings is 1. The van der Waals surface area contributed by atoms with Crippen LogP contribution in [-0.4, -0.2) is 22.6 Å². The van der Waals surface area contributed by atoms with E-state index in [1.165, 1.54) is 12.8 Å². The predicted octanol–water partition coefficient (Wildman–Crippen LogP) is 4.40. The molecule has 1 aliphatic heterocycles. The van der Waals surface area contributed by atoms with E-state index in [4.69, 9.17) is 22.3 Å². The van der Waals surface area contributed by atoms with E-state index in [9.17, 15) is 0 Å². The first-order valence-corrected chi connectivity index (χ1v) is 8.91. The molecule has 1 aromatic carbocycles. The largest absolute Gasteiger partial charge is 0.397 e. The quantitative estimate of drug-likeness (QED) is 0.786. The molecule has 1 saturated heterocycles. The Hall–Kier alpha value is -2.01. The van der Waals surface area contributed by atoms with Crippen LogP contribution in [-0.2, 0) is 6.42 Å². The first-order chi connectivity index (χ1) is 11.6. The number of hydrogen-bond donors (Lipinski definition) is 2. The van der Waals surface area contributed by atoms with Gasteiger partial charge in [-0.3, -0.25) is 0 Å². The number of nitrogens with two attached hydrogens (primary N) is 1. The van der Waals surface area contributed by atoms with Gasteiger partial charge in [0.1, 0.15) is 5.82 Å². The van der Waals surface area contributed by atoms with Crippen molar-refractivity contribution in [2.45, 2.75) is 45.6 Å². The summed E-state index contributed by atoms with van der Waals surface area (Å²) in [5, 5.41) is 3.81. The van der Waals surface area contributed by atoms with Gasteiger partial charge in [0, 0.05) is 30.0 Å². The van der Waals surface area contributed by atoms with Gasteiger partial charge in [-0.25, -0.2) is 4.98 Å². The summed E-state index contributed by atoms with van der Waals surface area (Å²) in [4.78, 5) is 11.7. The van der Waals surface area contributed by atoms with Gasteiger partial charge in [0.05, 0.1) is 10.7 Å². The van der Waals surface area contributed by atoms with Crippen molar-refractivity contribution in [2.75, 3.05) is 22.5 Å². The molecule has 0 spiro atoms. The van der Waals surface area contributed by atoms with Crippen molar-refractivity contribution in [3.63, 3.8) is 0 Å². The maximum atomic E-state index is 5.99. The molecular weight excluding hydrogens is 322 g/mol. The smallest absolute Gasteiger partial charge is 0.229 e.